The molecule has 16 amide bonds. The molecule has 8 N–H and O–H groups in total. The van der Waals surface area contributed by atoms with Gasteiger partial charge in [-0.15, -0.1) is 0 Å². The Bertz CT molecular complexity index is 6760. The molecule has 0 aliphatic carbocycles. The summed E-state index contributed by atoms with van der Waals surface area (Å²) in [6.45, 7) is 0.373. The zero-order valence-corrected chi connectivity index (χ0v) is 67.9. The van der Waals surface area contributed by atoms with Crippen molar-refractivity contribution in [3.8, 4) is 76.4 Å². The van der Waals surface area contributed by atoms with Crippen LogP contribution >= 0.6 is 11.6 Å². The lowest BCUT2D eigenvalue weighted by Gasteiger charge is -2.26. The molecule has 8 aliphatic rings. The molecular weight excluding hydrogens is 1660 g/mol. The molecule has 632 valence electrons. The van der Waals surface area contributed by atoms with E-state index in [0.29, 0.717) is 69.6 Å². The summed E-state index contributed by atoms with van der Waals surface area (Å²) in [5.41, 5.74) is 0.948. The minimum absolute atomic E-state index is 0.0889. The van der Waals surface area contributed by atoms with E-state index in [0.717, 1.165) is 62.5 Å². The van der Waals surface area contributed by atoms with Crippen molar-refractivity contribution in [3.63, 3.8) is 0 Å². The van der Waals surface area contributed by atoms with Crippen molar-refractivity contribution in [1.29, 1.82) is 5.26 Å². The van der Waals surface area contributed by atoms with Crippen LogP contribution in [0.5, 0.6) is 23.0 Å². The standard InChI is InChI=1S/2C23H19N5O4.C22H15FN4O4.C21H14ClF2N3O4/c1-27-10-8-14-3-5-16(24-19(14)27)7-9-23(21(30)25-22(31)26-23)13-28-12-15-4-6-17(32-2)11-18(15)20(28)29;1-27-8-6-15-9-14(11-24-19(15)27)5-7-23(21(30)25-22(31)26-23)13-28-12-16-3-4-17(32-2)10-18(16)20(28)29;1-31-16-5-4-15-11-27(19(28)17(15)9-16)12-22(20(29)25-21(30)26-22)7-6-13-2-3-14(10-24)18(23)8-13;1-31-13-3-2-12-9-27(18(28)14(12)8-13)10-21(19(29)25-20(30)26-21)5-4-11-6-15(23)17(22)16(24)7-11/h3-6,8,10-11H,12-13H2,1-2H3,(H2,25,26,30,31);3-4,6,8-11H,12-13H2,1-2H3,(H2,25,26,30,31);2-5,8-9H,11-12H2,1H3,(H2,25,26,29,30);2-3,6-8H,9-10H2,1H3,(H2,25,26,29,30)/t2*23-;22-;21-/m1111/s1. The lowest BCUT2D eigenvalue weighted by atomic mass is 9.99. The van der Waals surface area contributed by atoms with Crippen molar-refractivity contribution >= 4 is 105 Å². The Labute approximate surface area is 718 Å². The van der Waals surface area contributed by atoms with E-state index in [-0.39, 0.29) is 79.6 Å². The first-order chi connectivity index (χ1) is 60.3. The smallest absolute Gasteiger partial charge is 0.323 e. The second-order valence-electron chi connectivity index (χ2n) is 29.7. The molecule has 4 atom stereocenters. The lowest BCUT2D eigenvalue weighted by molar-refractivity contribution is -0.123. The molecule has 0 radical (unpaired) electrons. The largest absolute Gasteiger partial charge is 0.497 e. The maximum Gasteiger partial charge on any atom is 0.323 e. The van der Waals surface area contributed by atoms with Crippen LogP contribution in [0.25, 0.3) is 22.1 Å². The van der Waals surface area contributed by atoms with Crippen molar-refractivity contribution < 1.29 is 89.7 Å². The van der Waals surface area contributed by atoms with E-state index in [1.54, 1.807) is 79.0 Å². The number of pyridine rings is 2. The van der Waals surface area contributed by atoms with Crippen molar-refractivity contribution in [2.45, 2.75) is 48.3 Å². The molecule has 33 nitrogen and oxygen atoms in total. The van der Waals surface area contributed by atoms with Gasteiger partial charge in [0.1, 0.15) is 68.5 Å². The Morgan fingerprint density at radius 1 is 0.405 bits per heavy atom. The second kappa shape index (κ2) is 33.7. The fraction of sp³-hybridized carbons (Fsp3) is 0.202. The molecule has 0 bridgehead atoms. The van der Waals surface area contributed by atoms with Gasteiger partial charge in [-0.3, -0.25) is 59.6 Å². The number of nitriles is 1. The van der Waals surface area contributed by atoms with E-state index in [9.17, 15) is 70.7 Å². The molecule has 0 unspecified atom stereocenters. The number of carbonyl (C=O) groups excluding carboxylic acids is 12. The zero-order valence-electron chi connectivity index (χ0n) is 67.2. The van der Waals surface area contributed by atoms with Gasteiger partial charge < -0.3 is 68.9 Å². The third kappa shape index (κ3) is 16.6. The number of rotatable bonds is 12. The normalized spacial score (nSPS) is 19.4. The van der Waals surface area contributed by atoms with E-state index >= 15 is 0 Å². The maximum absolute atomic E-state index is 13.9. The van der Waals surface area contributed by atoms with Gasteiger partial charge in [0.25, 0.3) is 47.3 Å². The van der Waals surface area contributed by atoms with Crippen LogP contribution < -0.4 is 61.5 Å². The monoisotopic (exact) mass is 1720 g/mol. The van der Waals surface area contributed by atoms with Gasteiger partial charge in [0.15, 0.2) is 0 Å². The molecule has 0 spiro atoms. The highest BCUT2D eigenvalue weighted by molar-refractivity contribution is 6.31. The minimum Gasteiger partial charge on any atom is -0.497 e. The quantitative estimate of drug-likeness (QED) is 0.0404. The number of carbonyl (C=O) groups is 12. The molecule has 4 aromatic heterocycles. The van der Waals surface area contributed by atoms with Crippen molar-refractivity contribution in [2.24, 2.45) is 14.1 Å². The number of aryl methyl sites for hydroxylation is 2. The number of fused-ring (bicyclic) bond motifs is 6. The highest BCUT2D eigenvalue weighted by Gasteiger charge is 2.53. The number of amides is 16. The number of urea groups is 4. The highest BCUT2D eigenvalue weighted by Crippen LogP contribution is 2.35. The molecule has 4 saturated heterocycles. The number of methoxy groups -OCH3 is 4. The topological polar surface area (TPSA) is 410 Å². The van der Waals surface area contributed by atoms with Gasteiger partial charge >= 0.3 is 24.1 Å². The van der Waals surface area contributed by atoms with Crippen LogP contribution in [-0.2, 0) is 59.5 Å². The van der Waals surface area contributed by atoms with Crippen molar-refractivity contribution in [3.05, 3.63) is 247 Å². The minimum atomic E-state index is -1.80. The molecule has 0 saturated carbocycles. The summed E-state index contributed by atoms with van der Waals surface area (Å²) >= 11 is 5.47. The number of hydrogen-bond acceptors (Lipinski definition) is 19. The summed E-state index contributed by atoms with van der Waals surface area (Å²) in [5.74, 6) is 17.6. The van der Waals surface area contributed by atoms with Crippen LogP contribution in [0.3, 0.4) is 0 Å². The predicted molar refractivity (Wildman–Crippen MR) is 440 cm³/mol. The summed E-state index contributed by atoms with van der Waals surface area (Å²) in [6.07, 6.45) is 5.40. The van der Waals surface area contributed by atoms with Gasteiger partial charge in [-0.05, 0) is 137 Å². The number of aromatic nitrogens is 4. The number of nitrogens with one attached hydrogen (secondary N) is 8. The van der Waals surface area contributed by atoms with Gasteiger partial charge in [-0.25, -0.2) is 42.3 Å². The van der Waals surface area contributed by atoms with Crippen molar-refractivity contribution in [1.82, 2.24) is 81.2 Å². The molecule has 18 rings (SSSR count). The third-order valence-corrected chi connectivity index (χ3v) is 21.8. The third-order valence-electron chi connectivity index (χ3n) is 21.4. The first kappa shape index (κ1) is 84.4. The lowest BCUT2D eigenvalue weighted by Crippen LogP contribution is -2.54. The highest BCUT2D eigenvalue weighted by atomic mass is 35.5. The summed E-state index contributed by atoms with van der Waals surface area (Å²) in [6, 6.07) is 34.5. The van der Waals surface area contributed by atoms with Crippen LogP contribution in [0.15, 0.2) is 152 Å². The van der Waals surface area contributed by atoms with E-state index in [2.05, 4.69) is 99.9 Å². The number of hydrogen-bond donors (Lipinski definition) is 8. The fourth-order valence-corrected chi connectivity index (χ4v) is 15.0. The second-order valence-corrected chi connectivity index (χ2v) is 30.0. The number of benzene rings is 6. The average Bonchev–Trinajstić information content (AvgIpc) is 1.63. The van der Waals surface area contributed by atoms with E-state index in [1.165, 1.54) is 60.2 Å². The number of ether oxygens (including phenoxy) is 4. The maximum atomic E-state index is 13.9. The molecule has 12 heterocycles. The number of halogens is 4. The molecule has 8 aliphatic heterocycles. The van der Waals surface area contributed by atoms with E-state index in [4.69, 9.17) is 35.8 Å². The Balaban J connectivity index is 0.000000130. The number of imide groups is 4. The van der Waals surface area contributed by atoms with Crippen LogP contribution in [-0.4, -0.2) is 187 Å². The fourth-order valence-electron chi connectivity index (χ4n) is 14.9. The first-order valence-electron chi connectivity index (χ1n) is 38.0. The molecule has 126 heavy (non-hydrogen) atoms. The van der Waals surface area contributed by atoms with Crippen LogP contribution in [0, 0.1) is 76.1 Å². The van der Waals surface area contributed by atoms with E-state index < -0.39 is 92.4 Å². The van der Waals surface area contributed by atoms with Crippen LogP contribution in [0.1, 0.15) is 91.6 Å². The SMILES string of the molecule is COc1ccc2c(c1)C(=O)N(C[C@@]1(C#Cc3cc(F)c(Cl)c(F)c3)NC(=O)NC1=O)C2.COc1ccc2c(c1)C(=O)N(C[C@@]1(C#Cc3ccc(C#N)c(F)c3)NC(=O)NC1=O)C2.COc1ccc2c(c1)C(=O)N(C[C@@]1(C#Cc3ccc4ccn(C)c4n3)NC(=O)NC1=O)C2.COc1ccc2c(c1)C(=O)N(C[C@@]1(C#Cc3cnc4c(ccn4C)c3)NC(=O)NC1=O)C2. The van der Waals surface area contributed by atoms with Gasteiger partial charge in [-0.1, -0.05) is 77.3 Å². The first-order valence-corrected chi connectivity index (χ1v) is 38.4. The zero-order chi connectivity index (χ0) is 89.4. The molecule has 37 heteroatoms. The van der Waals surface area contributed by atoms with Gasteiger partial charge in [0, 0.05) is 109 Å². The van der Waals surface area contributed by atoms with Gasteiger partial charge in [0.05, 0.1) is 60.2 Å². The average molecular weight is 1720 g/mol. The Kier molecular flexibility index (Phi) is 22.6. The van der Waals surface area contributed by atoms with E-state index in [1.807, 2.05) is 72.0 Å². The predicted octanol–water partition coefficient (Wildman–Crippen LogP) is 5.84. The Hall–Kier alpha value is -16.7. The Morgan fingerprint density at radius 2 is 0.754 bits per heavy atom. The number of nitrogens with zero attached hydrogens (tertiary/aromatic N) is 9. The summed E-state index contributed by atoms with van der Waals surface area (Å²) in [4.78, 5) is 165. The van der Waals surface area contributed by atoms with Crippen LogP contribution in [0.4, 0.5) is 32.3 Å². The molecule has 4 fully saturated rings. The summed E-state index contributed by atoms with van der Waals surface area (Å²) in [5, 5.41) is 28.8. The Morgan fingerprint density at radius 3 is 1.11 bits per heavy atom. The van der Waals surface area contributed by atoms with Gasteiger partial charge in [-0.2, -0.15) is 5.26 Å². The summed E-state index contributed by atoms with van der Waals surface area (Å²) < 4.78 is 65.8. The molecule has 6 aromatic carbocycles. The summed E-state index contributed by atoms with van der Waals surface area (Å²) in [7, 11) is 9.81. The van der Waals surface area contributed by atoms with Gasteiger partial charge in [0.2, 0.25) is 22.2 Å². The van der Waals surface area contributed by atoms with Crippen molar-refractivity contribution in [2.75, 3.05) is 54.6 Å². The molecular formula is C89H67ClF3N17O16. The van der Waals surface area contributed by atoms with Crippen LogP contribution in [0.2, 0.25) is 5.02 Å². The molecule has 10 aromatic rings.